The third-order valence-electron chi connectivity index (χ3n) is 4.33. The van der Waals surface area contributed by atoms with E-state index >= 15 is 0 Å². The van der Waals surface area contributed by atoms with Crippen molar-refractivity contribution in [1.29, 1.82) is 0 Å². The van der Waals surface area contributed by atoms with E-state index < -0.39 is 0 Å². The van der Waals surface area contributed by atoms with Gasteiger partial charge in [-0.25, -0.2) is 0 Å². The molecule has 1 aliphatic heterocycles. The number of aromatic nitrogens is 4. The fraction of sp³-hybridized carbons (Fsp3) is 0.611. The van der Waals surface area contributed by atoms with E-state index in [4.69, 9.17) is 9.47 Å². The molecular weight excluding hydrogens is 334 g/mol. The van der Waals surface area contributed by atoms with Crippen molar-refractivity contribution in [2.45, 2.75) is 51.9 Å². The van der Waals surface area contributed by atoms with E-state index in [0.717, 1.165) is 25.1 Å². The predicted octanol–water partition coefficient (Wildman–Crippen LogP) is 2.62. The minimum absolute atomic E-state index is 0.0254. The minimum Gasteiger partial charge on any atom is -0.378 e. The number of hydrogen-bond acceptors (Lipinski definition) is 5. The van der Waals surface area contributed by atoms with E-state index in [1.165, 1.54) is 0 Å². The Kier molecular flexibility index (Phi) is 5.15. The zero-order chi connectivity index (χ0) is 18.9. The maximum atomic E-state index is 12.7. The third-order valence-corrected chi connectivity index (χ3v) is 4.33. The number of ether oxygens (including phenoxy) is 2. The molecule has 3 heterocycles. The molecule has 0 aromatic carbocycles. The first-order valence-corrected chi connectivity index (χ1v) is 8.85. The highest BCUT2D eigenvalue weighted by atomic mass is 16.5. The smallest absolute Gasteiger partial charge is 0.275 e. The first-order chi connectivity index (χ1) is 12.3. The molecule has 0 aliphatic carbocycles. The molecule has 26 heavy (non-hydrogen) atoms. The Morgan fingerprint density at radius 1 is 1.38 bits per heavy atom. The van der Waals surface area contributed by atoms with Gasteiger partial charge >= 0.3 is 0 Å². The van der Waals surface area contributed by atoms with Gasteiger partial charge in [-0.15, -0.1) is 0 Å². The molecule has 2 aromatic heterocycles. The molecule has 8 heteroatoms. The average Bonchev–Trinajstić information content (AvgIpc) is 3.25. The Labute approximate surface area is 153 Å². The number of carbonyl (C=O) groups excluding carboxylic acids is 1. The summed E-state index contributed by atoms with van der Waals surface area (Å²) in [6.45, 7) is 7.38. The Hall–Kier alpha value is -2.19. The highest BCUT2D eigenvalue weighted by molar-refractivity contribution is 6.02. The second-order valence-electron chi connectivity index (χ2n) is 7.57. The van der Waals surface area contributed by atoms with Crippen molar-refractivity contribution < 1.29 is 14.3 Å². The molecule has 1 aliphatic rings. The molecule has 1 fully saturated rings. The minimum atomic E-state index is -0.250. The molecule has 0 saturated carbocycles. The number of aryl methyl sites for hydroxylation is 1. The predicted molar refractivity (Wildman–Crippen MR) is 97.0 cm³/mol. The van der Waals surface area contributed by atoms with Gasteiger partial charge in [0, 0.05) is 26.8 Å². The summed E-state index contributed by atoms with van der Waals surface area (Å²) < 4.78 is 14.4. The van der Waals surface area contributed by atoms with E-state index in [2.05, 4.69) is 36.3 Å². The van der Waals surface area contributed by atoms with Gasteiger partial charge in [0.15, 0.2) is 5.82 Å². The highest BCUT2D eigenvalue weighted by Gasteiger charge is 2.28. The van der Waals surface area contributed by atoms with Gasteiger partial charge < -0.3 is 14.8 Å². The normalized spacial score (nSPS) is 17.7. The molecule has 1 unspecified atom stereocenters. The van der Waals surface area contributed by atoms with Gasteiger partial charge in [-0.1, -0.05) is 0 Å². The number of carbonyl (C=O) groups is 1. The van der Waals surface area contributed by atoms with Gasteiger partial charge in [0.1, 0.15) is 5.69 Å². The summed E-state index contributed by atoms with van der Waals surface area (Å²) in [5, 5.41) is 11.8. The Balaban J connectivity index is 1.84. The summed E-state index contributed by atoms with van der Waals surface area (Å²) in [6.07, 6.45) is 2.04. The molecule has 1 N–H and O–H groups in total. The second kappa shape index (κ2) is 7.20. The lowest BCUT2D eigenvalue weighted by molar-refractivity contribution is 0.0994. The standard InChI is InChI=1S/C18H27N5O3/c1-18(2,3)23-13(15-7-6-8-26-15)10-16(21-23)19-17(24)14-9-12(11-25-5)20-22(14)4/h9-10,15H,6-8,11H2,1-5H3,(H,19,21,24). The van der Waals surface area contributed by atoms with Crippen LogP contribution in [0.5, 0.6) is 0 Å². The van der Waals surface area contributed by atoms with Gasteiger partial charge in [0.25, 0.3) is 5.91 Å². The van der Waals surface area contributed by atoms with Crippen LogP contribution in [0.3, 0.4) is 0 Å². The van der Waals surface area contributed by atoms with Crippen LogP contribution in [0.15, 0.2) is 12.1 Å². The van der Waals surface area contributed by atoms with Crippen molar-refractivity contribution in [1.82, 2.24) is 19.6 Å². The Bertz CT molecular complexity index is 781. The molecule has 0 radical (unpaired) electrons. The zero-order valence-electron chi connectivity index (χ0n) is 16.1. The van der Waals surface area contributed by atoms with Gasteiger partial charge in [-0.05, 0) is 39.7 Å². The monoisotopic (exact) mass is 361 g/mol. The lowest BCUT2D eigenvalue weighted by Gasteiger charge is -2.24. The van der Waals surface area contributed by atoms with E-state index in [1.807, 2.05) is 10.7 Å². The number of rotatable bonds is 5. The van der Waals surface area contributed by atoms with Crippen LogP contribution in [-0.4, -0.2) is 39.2 Å². The molecule has 1 saturated heterocycles. The number of methoxy groups -OCH3 is 1. The van der Waals surface area contributed by atoms with Crippen molar-refractivity contribution in [3.8, 4) is 0 Å². The van der Waals surface area contributed by atoms with Crippen LogP contribution >= 0.6 is 0 Å². The van der Waals surface area contributed by atoms with Gasteiger partial charge in [0.05, 0.1) is 29.6 Å². The number of nitrogens with zero attached hydrogens (tertiary/aromatic N) is 4. The number of amides is 1. The average molecular weight is 361 g/mol. The molecule has 142 valence electrons. The van der Waals surface area contributed by atoms with Crippen LogP contribution in [0.4, 0.5) is 5.82 Å². The van der Waals surface area contributed by atoms with Gasteiger partial charge in [0.2, 0.25) is 0 Å². The summed E-state index contributed by atoms with van der Waals surface area (Å²) in [4.78, 5) is 12.7. The third kappa shape index (κ3) is 3.81. The molecule has 3 rings (SSSR count). The van der Waals surface area contributed by atoms with Crippen LogP contribution in [0, 0.1) is 0 Å². The molecular formula is C18H27N5O3. The maximum Gasteiger partial charge on any atom is 0.275 e. The number of nitrogens with one attached hydrogen (secondary N) is 1. The lowest BCUT2D eigenvalue weighted by Crippen LogP contribution is -2.26. The second-order valence-corrected chi connectivity index (χ2v) is 7.57. The van der Waals surface area contributed by atoms with Crippen molar-refractivity contribution in [2.24, 2.45) is 7.05 Å². The van der Waals surface area contributed by atoms with Crippen LogP contribution in [0.25, 0.3) is 0 Å². The summed E-state index contributed by atoms with van der Waals surface area (Å²) in [7, 11) is 3.33. The first kappa shape index (κ1) is 18.6. The van der Waals surface area contributed by atoms with E-state index in [0.29, 0.717) is 23.8 Å². The van der Waals surface area contributed by atoms with Crippen molar-refractivity contribution in [3.63, 3.8) is 0 Å². The molecule has 1 amide bonds. The van der Waals surface area contributed by atoms with Gasteiger partial charge in [-0.2, -0.15) is 10.2 Å². The Morgan fingerprint density at radius 2 is 2.15 bits per heavy atom. The van der Waals surface area contributed by atoms with E-state index in [9.17, 15) is 4.79 Å². The number of anilines is 1. The fourth-order valence-electron chi connectivity index (χ4n) is 3.17. The van der Waals surface area contributed by atoms with Gasteiger partial charge in [-0.3, -0.25) is 14.2 Å². The van der Waals surface area contributed by atoms with Crippen LogP contribution in [-0.2, 0) is 28.7 Å². The van der Waals surface area contributed by atoms with Crippen LogP contribution < -0.4 is 5.32 Å². The molecule has 0 bridgehead atoms. The molecule has 1 atom stereocenters. The fourth-order valence-corrected chi connectivity index (χ4v) is 3.17. The summed E-state index contributed by atoms with van der Waals surface area (Å²) in [6, 6.07) is 3.63. The van der Waals surface area contributed by atoms with Crippen molar-refractivity contribution in [3.05, 3.63) is 29.2 Å². The number of hydrogen-bond donors (Lipinski definition) is 1. The van der Waals surface area contributed by atoms with Crippen molar-refractivity contribution in [2.75, 3.05) is 19.0 Å². The molecule has 0 spiro atoms. The highest BCUT2D eigenvalue weighted by Crippen LogP contribution is 2.33. The SMILES string of the molecule is COCc1cc(C(=O)Nc2cc(C3CCCO3)n(C(C)(C)C)n2)n(C)n1. The molecule has 2 aromatic rings. The van der Waals surface area contributed by atoms with E-state index in [1.54, 1.807) is 24.9 Å². The van der Waals surface area contributed by atoms with Crippen LogP contribution in [0.2, 0.25) is 0 Å². The quantitative estimate of drug-likeness (QED) is 0.885. The first-order valence-electron chi connectivity index (χ1n) is 8.85. The topological polar surface area (TPSA) is 83.2 Å². The zero-order valence-corrected chi connectivity index (χ0v) is 16.1. The summed E-state index contributed by atoms with van der Waals surface area (Å²) in [5.41, 5.74) is 1.96. The largest absolute Gasteiger partial charge is 0.378 e. The van der Waals surface area contributed by atoms with E-state index in [-0.39, 0.29) is 17.6 Å². The molecule has 8 nitrogen and oxygen atoms in total. The van der Waals surface area contributed by atoms with Crippen LogP contribution in [0.1, 0.15) is 61.6 Å². The summed E-state index contributed by atoms with van der Waals surface area (Å²) in [5.74, 6) is 0.268. The Morgan fingerprint density at radius 3 is 2.77 bits per heavy atom. The maximum absolute atomic E-state index is 12.7. The lowest BCUT2D eigenvalue weighted by atomic mass is 10.1. The summed E-state index contributed by atoms with van der Waals surface area (Å²) >= 11 is 0. The van der Waals surface area contributed by atoms with Crippen molar-refractivity contribution >= 4 is 11.7 Å².